The van der Waals surface area contributed by atoms with Crippen LogP contribution in [-0.2, 0) is 24.1 Å². The predicted molar refractivity (Wildman–Crippen MR) is 111 cm³/mol. The molecule has 2 N–H and O–H groups in total. The number of methoxy groups -OCH3 is 3. The van der Waals surface area contributed by atoms with Crippen molar-refractivity contribution in [2.24, 2.45) is 5.92 Å². The van der Waals surface area contributed by atoms with Gasteiger partial charge in [-0.05, 0) is 54.5 Å². The Morgan fingerprint density at radius 2 is 1.76 bits per heavy atom. The Labute approximate surface area is 174 Å². The molecular weight excluding hydrogens is 392 g/mol. The molecule has 3 rings (SSSR count). The Hall–Kier alpha value is -2.74. The number of hydrazine groups is 1. The highest BCUT2D eigenvalue weighted by atomic mass is 32.1. The van der Waals surface area contributed by atoms with Crippen LogP contribution in [0.25, 0.3) is 0 Å². The van der Waals surface area contributed by atoms with Crippen LogP contribution in [0.15, 0.2) is 18.2 Å². The van der Waals surface area contributed by atoms with Gasteiger partial charge in [0.15, 0.2) is 11.5 Å². The molecule has 29 heavy (non-hydrogen) atoms. The molecule has 0 fully saturated rings. The molecule has 0 unspecified atom stereocenters. The van der Waals surface area contributed by atoms with Crippen molar-refractivity contribution in [3.8, 4) is 17.2 Å². The minimum Gasteiger partial charge on any atom is -0.493 e. The molecule has 156 valence electrons. The van der Waals surface area contributed by atoms with Gasteiger partial charge in [0.25, 0.3) is 5.91 Å². The monoisotopic (exact) mass is 418 g/mol. The quantitative estimate of drug-likeness (QED) is 0.705. The highest BCUT2D eigenvalue weighted by Gasteiger charge is 2.21. The van der Waals surface area contributed by atoms with E-state index in [0.29, 0.717) is 33.6 Å². The topological polar surface area (TPSA) is 85.9 Å². The molecule has 1 aliphatic carbocycles. The maximum Gasteiger partial charge on any atom is 0.279 e. The third-order valence-corrected chi connectivity index (χ3v) is 6.19. The van der Waals surface area contributed by atoms with E-state index in [2.05, 4.69) is 17.8 Å². The molecule has 1 aromatic heterocycles. The van der Waals surface area contributed by atoms with Gasteiger partial charge in [-0.1, -0.05) is 6.92 Å². The summed E-state index contributed by atoms with van der Waals surface area (Å²) in [6.07, 6.45) is 3.23. The Morgan fingerprint density at radius 3 is 2.38 bits per heavy atom. The molecule has 7 nitrogen and oxygen atoms in total. The summed E-state index contributed by atoms with van der Waals surface area (Å²) in [6.45, 7) is 2.23. The van der Waals surface area contributed by atoms with E-state index in [0.717, 1.165) is 19.3 Å². The number of carbonyl (C=O) groups excluding carboxylic acids is 2. The van der Waals surface area contributed by atoms with Crippen LogP contribution in [0, 0.1) is 5.92 Å². The molecule has 0 bridgehead atoms. The molecule has 1 aromatic carbocycles. The lowest BCUT2D eigenvalue weighted by Gasteiger charge is -2.16. The number of ether oxygens (including phenoxy) is 3. The van der Waals surface area contributed by atoms with Gasteiger partial charge in [-0.15, -0.1) is 11.3 Å². The molecule has 1 aliphatic rings. The zero-order valence-corrected chi connectivity index (χ0v) is 17.9. The number of carbonyl (C=O) groups is 2. The molecule has 0 radical (unpaired) electrons. The number of hydrogen-bond donors (Lipinski definition) is 2. The van der Waals surface area contributed by atoms with Crippen LogP contribution in [0.4, 0.5) is 0 Å². The normalized spacial score (nSPS) is 15.2. The van der Waals surface area contributed by atoms with Crippen molar-refractivity contribution in [1.82, 2.24) is 10.9 Å². The number of benzene rings is 1. The van der Waals surface area contributed by atoms with Crippen molar-refractivity contribution in [1.29, 1.82) is 0 Å². The Kier molecular flexibility index (Phi) is 6.64. The fraction of sp³-hybridized carbons (Fsp3) is 0.429. The van der Waals surface area contributed by atoms with Gasteiger partial charge in [0, 0.05) is 4.88 Å². The first kappa shape index (κ1) is 21.0. The van der Waals surface area contributed by atoms with Crippen molar-refractivity contribution >= 4 is 23.2 Å². The minimum absolute atomic E-state index is 0.0510. The van der Waals surface area contributed by atoms with Gasteiger partial charge in [-0.2, -0.15) is 0 Å². The second-order valence-electron chi connectivity index (χ2n) is 7.12. The van der Waals surface area contributed by atoms with E-state index in [1.807, 2.05) is 6.07 Å². The van der Waals surface area contributed by atoms with E-state index < -0.39 is 0 Å². The van der Waals surface area contributed by atoms with Crippen LogP contribution >= 0.6 is 11.3 Å². The van der Waals surface area contributed by atoms with E-state index in [-0.39, 0.29) is 18.2 Å². The largest absolute Gasteiger partial charge is 0.493 e. The summed E-state index contributed by atoms with van der Waals surface area (Å²) in [4.78, 5) is 26.6. The summed E-state index contributed by atoms with van der Waals surface area (Å²) in [5, 5.41) is 0. The van der Waals surface area contributed by atoms with E-state index >= 15 is 0 Å². The molecule has 0 aliphatic heterocycles. The second kappa shape index (κ2) is 9.17. The number of hydrogen-bond acceptors (Lipinski definition) is 6. The summed E-state index contributed by atoms with van der Waals surface area (Å²) in [5.74, 6) is 1.40. The third-order valence-electron chi connectivity index (χ3n) is 4.96. The molecule has 1 atom stereocenters. The van der Waals surface area contributed by atoms with Gasteiger partial charge < -0.3 is 14.2 Å². The number of nitrogens with one attached hydrogen (secondary N) is 2. The standard InChI is InChI=1S/C21H26N2O5S/c1-12-5-6-17-14(7-12)11-18(29-17)21(25)23-22-19(24)10-13-8-15(26-2)20(28-4)16(9-13)27-3/h8-9,11-12H,5-7,10H2,1-4H3,(H,22,24)(H,23,25)/t12-/m1/s1. The molecule has 2 aromatic rings. The van der Waals surface area contributed by atoms with Gasteiger partial charge >= 0.3 is 0 Å². The lowest BCUT2D eigenvalue weighted by Crippen LogP contribution is -2.42. The maximum atomic E-state index is 12.4. The first-order chi connectivity index (χ1) is 13.9. The molecule has 8 heteroatoms. The number of rotatable bonds is 6. The first-order valence-corrected chi connectivity index (χ1v) is 10.3. The van der Waals surface area contributed by atoms with Gasteiger partial charge in [0.05, 0.1) is 32.6 Å². The summed E-state index contributed by atoms with van der Waals surface area (Å²) in [5.41, 5.74) is 6.91. The van der Waals surface area contributed by atoms with E-state index in [1.54, 1.807) is 12.1 Å². The Bertz CT molecular complexity index is 883. The van der Waals surface area contributed by atoms with Gasteiger partial charge in [0.2, 0.25) is 11.7 Å². The lowest BCUT2D eigenvalue weighted by molar-refractivity contribution is -0.121. The summed E-state index contributed by atoms with van der Waals surface area (Å²) in [6, 6.07) is 5.35. The highest BCUT2D eigenvalue weighted by Crippen LogP contribution is 2.38. The Morgan fingerprint density at radius 1 is 1.07 bits per heavy atom. The number of amides is 2. The maximum absolute atomic E-state index is 12.4. The highest BCUT2D eigenvalue weighted by molar-refractivity contribution is 7.14. The predicted octanol–water partition coefficient (Wildman–Crippen LogP) is 2.90. The van der Waals surface area contributed by atoms with Crippen molar-refractivity contribution in [3.63, 3.8) is 0 Å². The zero-order chi connectivity index (χ0) is 21.0. The first-order valence-electron chi connectivity index (χ1n) is 9.44. The van der Waals surface area contributed by atoms with Crippen LogP contribution in [0.5, 0.6) is 17.2 Å². The smallest absolute Gasteiger partial charge is 0.279 e. The van der Waals surface area contributed by atoms with Crippen molar-refractivity contribution in [2.45, 2.75) is 32.6 Å². The number of thiophene rings is 1. The van der Waals surface area contributed by atoms with Crippen molar-refractivity contribution in [2.75, 3.05) is 21.3 Å². The SMILES string of the molecule is COc1cc(CC(=O)NNC(=O)c2cc3c(s2)CC[C@@H](C)C3)cc(OC)c1OC. The van der Waals surface area contributed by atoms with Crippen LogP contribution in [0.3, 0.4) is 0 Å². The Balaban J connectivity index is 1.61. The van der Waals surface area contributed by atoms with Crippen molar-refractivity contribution in [3.05, 3.63) is 39.1 Å². The molecular formula is C21H26N2O5S. The number of fused-ring (bicyclic) bond motifs is 1. The fourth-order valence-corrected chi connectivity index (χ4v) is 4.58. The summed E-state index contributed by atoms with van der Waals surface area (Å²) < 4.78 is 15.9. The average molecular weight is 419 g/mol. The van der Waals surface area contributed by atoms with Crippen LogP contribution < -0.4 is 25.1 Å². The second-order valence-corrected chi connectivity index (χ2v) is 8.26. The van der Waals surface area contributed by atoms with Crippen molar-refractivity contribution < 1.29 is 23.8 Å². The summed E-state index contributed by atoms with van der Waals surface area (Å²) in [7, 11) is 4.55. The molecule has 1 heterocycles. The van der Waals surface area contributed by atoms with Crippen LogP contribution in [0.1, 0.15) is 39.0 Å². The molecule has 0 saturated carbocycles. The lowest BCUT2D eigenvalue weighted by atomic mass is 9.90. The molecule has 0 spiro atoms. The van der Waals surface area contributed by atoms with Crippen LogP contribution in [-0.4, -0.2) is 33.1 Å². The van der Waals surface area contributed by atoms with Gasteiger partial charge in [-0.25, -0.2) is 0 Å². The zero-order valence-electron chi connectivity index (χ0n) is 17.1. The van der Waals surface area contributed by atoms with E-state index in [1.165, 1.54) is 43.1 Å². The van der Waals surface area contributed by atoms with E-state index in [9.17, 15) is 9.59 Å². The fourth-order valence-electron chi connectivity index (χ4n) is 3.47. The van der Waals surface area contributed by atoms with Gasteiger partial charge in [-0.3, -0.25) is 20.4 Å². The molecule has 0 saturated heterocycles. The van der Waals surface area contributed by atoms with Crippen LogP contribution in [0.2, 0.25) is 0 Å². The van der Waals surface area contributed by atoms with Gasteiger partial charge in [0.1, 0.15) is 0 Å². The molecule has 2 amide bonds. The average Bonchev–Trinajstić information content (AvgIpc) is 3.14. The number of aryl methyl sites for hydroxylation is 1. The minimum atomic E-state index is -0.345. The third kappa shape index (κ3) is 4.82. The summed E-state index contributed by atoms with van der Waals surface area (Å²) >= 11 is 1.50. The van der Waals surface area contributed by atoms with E-state index in [4.69, 9.17) is 14.2 Å².